The monoisotopic (exact) mass is 513 g/mol. The molecule has 0 saturated heterocycles. The van der Waals surface area contributed by atoms with Gasteiger partial charge < -0.3 is 4.42 Å². The number of hydrogen-bond donors (Lipinski definition) is 0. The van der Waals surface area contributed by atoms with Gasteiger partial charge in [-0.2, -0.15) is 9.78 Å². The first-order valence-electron chi connectivity index (χ1n) is 9.08. The Labute approximate surface area is 184 Å². The quantitative estimate of drug-likeness (QED) is 0.317. The first-order chi connectivity index (χ1) is 14.0. The van der Waals surface area contributed by atoms with Gasteiger partial charge in [0.2, 0.25) is 0 Å². The molecule has 0 aliphatic rings. The number of nitrogens with zero attached hydrogens (tertiary/aromatic N) is 3. The van der Waals surface area contributed by atoms with Gasteiger partial charge in [-0.3, -0.25) is 4.79 Å². The van der Waals surface area contributed by atoms with Gasteiger partial charge in [-0.05, 0) is 55.0 Å². The number of fused-ring (bicyclic) bond motifs is 1. The molecule has 4 rings (SSSR count). The van der Waals surface area contributed by atoms with Gasteiger partial charge in [-0.15, -0.1) is 0 Å². The van der Waals surface area contributed by atoms with Crippen LogP contribution < -0.4 is 5.56 Å². The van der Waals surface area contributed by atoms with E-state index in [1.165, 1.54) is 10.9 Å². The second-order valence-corrected chi connectivity index (χ2v) is 8.36. The number of aryl methyl sites for hydroxylation is 2. The molecule has 0 unspecified atom stereocenters. The molecular formula is C22H17Br2N3O2. The van der Waals surface area contributed by atoms with Crippen LogP contribution in [0.1, 0.15) is 24.1 Å². The molecule has 0 radical (unpaired) electrons. The van der Waals surface area contributed by atoms with Crippen LogP contribution in [0.15, 0.2) is 71.8 Å². The summed E-state index contributed by atoms with van der Waals surface area (Å²) in [5, 5.41) is 4.88. The van der Waals surface area contributed by atoms with Crippen LogP contribution in [0.2, 0.25) is 0 Å². The highest BCUT2D eigenvalue weighted by molar-refractivity contribution is 9.10. The van der Waals surface area contributed by atoms with Gasteiger partial charge in [-0.25, -0.2) is 4.98 Å². The highest BCUT2D eigenvalue weighted by atomic mass is 79.9. The molecule has 0 fully saturated rings. The van der Waals surface area contributed by atoms with Crippen LogP contribution in [-0.2, 0) is 6.42 Å². The van der Waals surface area contributed by atoms with Crippen molar-refractivity contribution in [2.45, 2.75) is 20.3 Å². The van der Waals surface area contributed by atoms with Crippen LogP contribution in [0.3, 0.4) is 0 Å². The third-order valence-electron chi connectivity index (χ3n) is 4.51. The molecule has 0 atom stereocenters. The number of furan rings is 1. The lowest BCUT2D eigenvalue weighted by atomic mass is 10.1. The molecule has 2 heterocycles. The maximum Gasteiger partial charge on any atom is 0.282 e. The van der Waals surface area contributed by atoms with Gasteiger partial charge in [0.15, 0.2) is 0 Å². The fourth-order valence-electron chi connectivity index (χ4n) is 3.04. The smallest absolute Gasteiger partial charge is 0.282 e. The Balaban J connectivity index is 1.73. The Kier molecular flexibility index (Phi) is 5.52. The average Bonchev–Trinajstić information content (AvgIpc) is 3.16. The summed E-state index contributed by atoms with van der Waals surface area (Å²) in [6.45, 7) is 3.98. The minimum Gasteiger partial charge on any atom is -0.455 e. The summed E-state index contributed by atoms with van der Waals surface area (Å²) >= 11 is 6.98. The van der Waals surface area contributed by atoms with Crippen LogP contribution in [0, 0.1) is 6.92 Å². The highest BCUT2D eigenvalue weighted by Gasteiger charge is 2.11. The van der Waals surface area contributed by atoms with Crippen molar-refractivity contribution in [3.8, 4) is 11.3 Å². The number of aromatic nitrogens is 2. The van der Waals surface area contributed by atoms with E-state index in [0.717, 1.165) is 25.8 Å². The number of halogens is 2. The summed E-state index contributed by atoms with van der Waals surface area (Å²) in [6.07, 6.45) is 2.12. The van der Waals surface area contributed by atoms with Crippen LogP contribution in [-0.4, -0.2) is 15.9 Å². The number of hydrogen-bond acceptors (Lipinski definition) is 4. The zero-order chi connectivity index (χ0) is 20.5. The van der Waals surface area contributed by atoms with Crippen LogP contribution in [0.4, 0.5) is 0 Å². The molecule has 29 heavy (non-hydrogen) atoms. The van der Waals surface area contributed by atoms with Gasteiger partial charge in [0.25, 0.3) is 5.56 Å². The Morgan fingerprint density at radius 1 is 1.14 bits per heavy atom. The van der Waals surface area contributed by atoms with E-state index in [9.17, 15) is 4.79 Å². The molecule has 0 amide bonds. The maximum absolute atomic E-state index is 12.9. The zero-order valence-electron chi connectivity index (χ0n) is 15.8. The lowest BCUT2D eigenvalue weighted by Crippen LogP contribution is -2.22. The van der Waals surface area contributed by atoms with Crippen molar-refractivity contribution >= 4 is 49.0 Å². The summed E-state index contributed by atoms with van der Waals surface area (Å²) in [4.78, 5) is 17.5. The Hall–Kier alpha value is -2.51. The normalized spacial score (nSPS) is 11.6. The van der Waals surface area contributed by atoms with Crippen LogP contribution in [0.5, 0.6) is 0 Å². The zero-order valence-corrected chi connectivity index (χ0v) is 19.0. The average molecular weight is 515 g/mol. The van der Waals surface area contributed by atoms with Crippen molar-refractivity contribution in [1.29, 1.82) is 0 Å². The number of rotatable bonds is 4. The van der Waals surface area contributed by atoms with E-state index < -0.39 is 0 Å². The minimum absolute atomic E-state index is 0.211. The molecule has 0 spiro atoms. The van der Waals surface area contributed by atoms with Crippen molar-refractivity contribution in [3.05, 3.63) is 85.0 Å². The molecule has 2 aromatic carbocycles. The van der Waals surface area contributed by atoms with E-state index in [4.69, 9.17) is 4.42 Å². The number of benzene rings is 2. The van der Waals surface area contributed by atoms with Gasteiger partial charge >= 0.3 is 0 Å². The Bertz CT molecular complexity index is 1310. The third-order valence-corrected chi connectivity index (χ3v) is 5.66. The predicted octanol–water partition coefficient (Wildman–Crippen LogP) is 5.93. The van der Waals surface area contributed by atoms with Gasteiger partial charge in [-0.1, -0.05) is 44.8 Å². The fourth-order valence-corrected chi connectivity index (χ4v) is 4.09. The van der Waals surface area contributed by atoms with E-state index in [1.54, 1.807) is 6.07 Å². The second kappa shape index (κ2) is 8.08. The molecule has 5 nitrogen and oxygen atoms in total. The molecule has 0 aliphatic carbocycles. The summed E-state index contributed by atoms with van der Waals surface area (Å²) < 4.78 is 9.03. The van der Waals surface area contributed by atoms with Crippen molar-refractivity contribution in [2.75, 3.05) is 0 Å². The SMILES string of the molecule is CCc1nc2ccc(Br)cc2c(=O)n1N=Cc1ccc(-c2ccc(C)cc2Br)o1. The van der Waals surface area contributed by atoms with Crippen LogP contribution in [0.25, 0.3) is 22.2 Å². The standard InChI is InChI=1S/C22H17Br2N3O2/c1-3-21-26-19-8-5-14(23)11-17(19)22(28)27(21)25-12-15-6-9-20(29-15)16-7-4-13(2)10-18(16)24/h4-12H,3H2,1-2H3. The van der Waals surface area contributed by atoms with E-state index in [2.05, 4.69) is 41.9 Å². The van der Waals surface area contributed by atoms with Crippen molar-refractivity contribution in [2.24, 2.45) is 5.10 Å². The third kappa shape index (κ3) is 3.97. The molecule has 0 saturated carbocycles. The largest absolute Gasteiger partial charge is 0.455 e. The topological polar surface area (TPSA) is 60.4 Å². The van der Waals surface area contributed by atoms with Crippen molar-refractivity contribution < 1.29 is 4.42 Å². The summed E-state index contributed by atoms with van der Waals surface area (Å²) in [5.74, 6) is 1.87. The van der Waals surface area contributed by atoms with E-state index >= 15 is 0 Å². The Morgan fingerprint density at radius 3 is 2.72 bits per heavy atom. The fraction of sp³-hybridized carbons (Fsp3) is 0.136. The van der Waals surface area contributed by atoms with Gasteiger partial charge in [0.1, 0.15) is 17.3 Å². The summed E-state index contributed by atoms with van der Waals surface area (Å²) in [5.41, 5.74) is 2.57. The molecule has 0 aliphatic heterocycles. The molecule has 7 heteroatoms. The first kappa shape index (κ1) is 19.8. The highest BCUT2D eigenvalue weighted by Crippen LogP contribution is 2.30. The molecule has 2 aromatic heterocycles. The van der Waals surface area contributed by atoms with E-state index in [-0.39, 0.29) is 5.56 Å². The van der Waals surface area contributed by atoms with Gasteiger partial charge in [0.05, 0.1) is 17.1 Å². The molecule has 0 N–H and O–H groups in total. The first-order valence-corrected chi connectivity index (χ1v) is 10.7. The van der Waals surface area contributed by atoms with Crippen LogP contribution >= 0.6 is 31.9 Å². The lowest BCUT2D eigenvalue weighted by molar-refractivity contribution is 0.573. The van der Waals surface area contributed by atoms with Gasteiger partial charge in [0, 0.05) is 20.9 Å². The predicted molar refractivity (Wildman–Crippen MR) is 123 cm³/mol. The minimum atomic E-state index is -0.211. The Morgan fingerprint density at radius 2 is 1.97 bits per heavy atom. The molecular weight excluding hydrogens is 498 g/mol. The van der Waals surface area contributed by atoms with E-state index in [1.807, 2.05) is 56.3 Å². The lowest BCUT2D eigenvalue weighted by Gasteiger charge is -2.07. The molecule has 146 valence electrons. The molecule has 0 bridgehead atoms. The maximum atomic E-state index is 12.9. The summed E-state index contributed by atoms with van der Waals surface area (Å²) in [6, 6.07) is 15.2. The van der Waals surface area contributed by atoms with Crippen molar-refractivity contribution in [1.82, 2.24) is 9.66 Å². The second-order valence-electron chi connectivity index (χ2n) is 6.59. The van der Waals surface area contributed by atoms with E-state index in [0.29, 0.717) is 28.9 Å². The summed E-state index contributed by atoms with van der Waals surface area (Å²) in [7, 11) is 0. The molecule has 4 aromatic rings. The van der Waals surface area contributed by atoms with Crippen molar-refractivity contribution in [3.63, 3.8) is 0 Å².